The van der Waals surface area contributed by atoms with E-state index >= 15 is 0 Å². The lowest BCUT2D eigenvalue weighted by Crippen LogP contribution is -2.66. The highest BCUT2D eigenvalue weighted by molar-refractivity contribution is 5.06. The van der Waals surface area contributed by atoms with E-state index in [9.17, 15) is 25.5 Å². The molecular weight excluding hydrogens is 232 g/mol. The number of aromatic amines is 1. The summed E-state index contributed by atoms with van der Waals surface area (Å²) in [4.78, 5) is 0. The largest absolute Gasteiger partial charge is 0.389 e. The van der Waals surface area contributed by atoms with Gasteiger partial charge in [-0.05, 0) is 0 Å². The highest BCUT2D eigenvalue weighted by Crippen LogP contribution is 2.23. The molecule has 0 spiro atoms. The third kappa shape index (κ3) is 2.16. The van der Waals surface area contributed by atoms with Crippen molar-refractivity contribution in [1.29, 1.82) is 0 Å². The monoisotopic (exact) mass is 246 g/mol. The molecule has 0 saturated carbocycles. The molecule has 9 nitrogen and oxygen atoms in total. The molecule has 17 heavy (non-hydrogen) atoms. The number of piperidine rings is 1. The van der Waals surface area contributed by atoms with Crippen LogP contribution in [0.5, 0.6) is 0 Å². The molecule has 96 valence electrons. The van der Waals surface area contributed by atoms with Gasteiger partial charge in [0.2, 0.25) is 0 Å². The lowest BCUT2D eigenvalue weighted by Gasteiger charge is -2.40. The number of aromatic nitrogens is 3. The van der Waals surface area contributed by atoms with Gasteiger partial charge in [-0.1, -0.05) is 0 Å². The predicted octanol–water partition coefficient (Wildman–Crippen LogP) is -3.79. The van der Waals surface area contributed by atoms with Crippen LogP contribution in [0.25, 0.3) is 0 Å². The maximum absolute atomic E-state index is 9.88. The summed E-state index contributed by atoms with van der Waals surface area (Å²) in [5.41, 5.74) is 0.150. The number of hydrogen-bond donors (Lipinski definition) is 7. The molecule has 1 aliphatic rings. The van der Waals surface area contributed by atoms with Crippen molar-refractivity contribution in [2.75, 3.05) is 0 Å². The van der Waals surface area contributed by atoms with E-state index in [1.165, 1.54) is 6.20 Å². The van der Waals surface area contributed by atoms with Gasteiger partial charge in [0.25, 0.3) is 0 Å². The lowest BCUT2D eigenvalue weighted by atomic mass is 9.90. The molecule has 7 N–H and O–H groups in total. The quantitative estimate of drug-likeness (QED) is 0.280. The zero-order chi connectivity index (χ0) is 12.6. The molecule has 0 bridgehead atoms. The molecule has 0 aromatic carbocycles. The zero-order valence-electron chi connectivity index (χ0n) is 8.67. The summed E-state index contributed by atoms with van der Waals surface area (Å²) in [6, 6.07) is -1.06. The summed E-state index contributed by atoms with van der Waals surface area (Å²) in [7, 11) is 0. The van der Waals surface area contributed by atoms with Crippen LogP contribution in [0.15, 0.2) is 6.20 Å². The van der Waals surface area contributed by atoms with E-state index in [0.717, 1.165) is 0 Å². The summed E-state index contributed by atoms with van der Waals surface area (Å²) in [6.07, 6.45) is -5.99. The summed E-state index contributed by atoms with van der Waals surface area (Å²) in [5, 5.41) is 59.6. The second-order valence-electron chi connectivity index (χ2n) is 3.95. The fraction of sp³-hybridized carbons (Fsp3) is 0.750. The van der Waals surface area contributed by atoms with E-state index in [1.807, 2.05) is 0 Å². The molecular formula is C8H14N4O5. The van der Waals surface area contributed by atoms with E-state index in [-0.39, 0.29) is 5.69 Å². The topological polar surface area (TPSA) is 155 Å². The molecule has 1 saturated heterocycles. The van der Waals surface area contributed by atoms with Gasteiger partial charge in [0.1, 0.15) is 36.3 Å². The number of hydrogen-bond acceptors (Lipinski definition) is 8. The van der Waals surface area contributed by atoms with E-state index < -0.39 is 36.7 Å². The third-order valence-electron chi connectivity index (χ3n) is 2.83. The van der Waals surface area contributed by atoms with Gasteiger partial charge in [0.15, 0.2) is 0 Å². The molecule has 9 heteroatoms. The van der Waals surface area contributed by atoms with Crippen LogP contribution in [0.4, 0.5) is 0 Å². The van der Waals surface area contributed by atoms with E-state index in [1.54, 1.807) is 0 Å². The van der Waals surface area contributed by atoms with Crippen molar-refractivity contribution in [2.45, 2.75) is 36.7 Å². The number of rotatable bonds is 2. The molecule has 2 rings (SSSR count). The van der Waals surface area contributed by atoms with E-state index in [2.05, 4.69) is 20.7 Å². The Morgan fingerprint density at radius 2 is 1.82 bits per heavy atom. The standard InChI is InChI=1S/C8H14N4O5/c13-4(2-1-9-12-11-2)3-5(14)6(15)7(16)8(17)10-3/h1,3-8,10,13-17H,(H,9,11,12)/t3-,4?,5-,6+,7-,8?/m1/s1. The fourth-order valence-corrected chi connectivity index (χ4v) is 1.81. The lowest BCUT2D eigenvalue weighted by molar-refractivity contribution is -0.171. The number of aliphatic hydroxyl groups excluding tert-OH is 5. The first-order chi connectivity index (χ1) is 8.02. The first-order valence-corrected chi connectivity index (χ1v) is 5.04. The Balaban J connectivity index is 2.15. The molecule has 0 amide bonds. The molecule has 1 aromatic heterocycles. The normalized spacial score (nSPS) is 40.2. The second-order valence-corrected chi connectivity index (χ2v) is 3.95. The van der Waals surface area contributed by atoms with Gasteiger partial charge < -0.3 is 25.5 Å². The summed E-state index contributed by atoms with van der Waals surface area (Å²) in [5.74, 6) is 0. The Kier molecular flexibility index (Phi) is 3.38. The van der Waals surface area contributed by atoms with Crippen molar-refractivity contribution in [3.63, 3.8) is 0 Å². The first-order valence-electron chi connectivity index (χ1n) is 5.04. The van der Waals surface area contributed by atoms with Crippen LogP contribution in [-0.4, -0.2) is 71.5 Å². The number of nitrogens with one attached hydrogen (secondary N) is 2. The van der Waals surface area contributed by atoms with Crippen molar-refractivity contribution >= 4 is 0 Å². The van der Waals surface area contributed by atoms with Crippen LogP contribution in [0.2, 0.25) is 0 Å². The summed E-state index contributed by atoms with van der Waals surface area (Å²) >= 11 is 0. The molecule has 1 aromatic rings. The molecule has 0 radical (unpaired) electrons. The van der Waals surface area contributed by atoms with Gasteiger partial charge in [-0.2, -0.15) is 15.4 Å². The molecule has 2 heterocycles. The van der Waals surface area contributed by atoms with Crippen LogP contribution in [-0.2, 0) is 0 Å². The van der Waals surface area contributed by atoms with Crippen molar-refractivity contribution < 1.29 is 25.5 Å². The maximum atomic E-state index is 9.88. The average molecular weight is 246 g/mol. The average Bonchev–Trinajstić information content (AvgIpc) is 2.84. The molecule has 6 atom stereocenters. The van der Waals surface area contributed by atoms with Gasteiger partial charge in [0.05, 0.1) is 12.2 Å². The van der Waals surface area contributed by atoms with Crippen LogP contribution in [0, 0.1) is 0 Å². The van der Waals surface area contributed by atoms with Gasteiger partial charge >= 0.3 is 0 Å². The van der Waals surface area contributed by atoms with Crippen LogP contribution >= 0.6 is 0 Å². The predicted molar refractivity (Wildman–Crippen MR) is 52.3 cm³/mol. The Hall–Kier alpha value is -1.10. The van der Waals surface area contributed by atoms with Gasteiger partial charge in [-0.3, -0.25) is 5.32 Å². The van der Waals surface area contributed by atoms with Crippen molar-refractivity contribution in [2.24, 2.45) is 0 Å². The van der Waals surface area contributed by atoms with Crippen molar-refractivity contribution in [3.8, 4) is 0 Å². The number of aliphatic hydroxyl groups is 5. The van der Waals surface area contributed by atoms with E-state index in [4.69, 9.17) is 0 Å². The SMILES string of the molecule is OC(c1cn[nH]n1)[C@H]1NC(O)[C@H](O)[C@@H](O)[C@@H]1O. The van der Waals surface area contributed by atoms with Crippen molar-refractivity contribution in [1.82, 2.24) is 20.7 Å². The third-order valence-corrected chi connectivity index (χ3v) is 2.83. The Morgan fingerprint density at radius 3 is 2.41 bits per heavy atom. The van der Waals surface area contributed by atoms with Crippen LogP contribution < -0.4 is 5.32 Å². The van der Waals surface area contributed by atoms with Gasteiger partial charge in [0, 0.05) is 0 Å². The minimum absolute atomic E-state index is 0.150. The minimum Gasteiger partial charge on any atom is -0.389 e. The Labute approximate surface area is 95.7 Å². The zero-order valence-corrected chi connectivity index (χ0v) is 8.67. The highest BCUT2D eigenvalue weighted by atomic mass is 16.4. The molecule has 1 aliphatic heterocycles. The van der Waals surface area contributed by atoms with Gasteiger partial charge in [-0.25, -0.2) is 0 Å². The van der Waals surface area contributed by atoms with Crippen molar-refractivity contribution in [3.05, 3.63) is 11.9 Å². The Bertz CT molecular complexity index is 361. The summed E-state index contributed by atoms with van der Waals surface area (Å²) in [6.45, 7) is 0. The molecule has 1 fully saturated rings. The molecule has 0 aliphatic carbocycles. The number of nitrogens with zero attached hydrogens (tertiary/aromatic N) is 2. The highest BCUT2D eigenvalue weighted by Gasteiger charge is 2.45. The maximum Gasteiger partial charge on any atom is 0.134 e. The Morgan fingerprint density at radius 1 is 1.12 bits per heavy atom. The van der Waals surface area contributed by atoms with Crippen LogP contribution in [0.1, 0.15) is 11.8 Å². The minimum atomic E-state index is -1.56. The van der Waals surface area contributed by atoms with E-state index in [0.29, 0.717) is 0 Å². The fourth-order valence-electron chi connectivity index (χ4n) is 1.81. The summed E-state index contributed by atoms with van der Waals surface area (Å²) < 4.78 is 0. The van der Waals surface area contributed by atoms with Gasteiger partial charge in [-0.15, -0.1) is 0 Å². The second kappa shape index (κ2) is 4.64. The smallest absolute Gasteiger partial charge is 0.134 e. The first kappa shape index (κ1) is 12.4. The number of H-pyrrole nitrogens is 1. The molecule has 2 unspecified atom stereocenters. The van der Waals surface area contributed by atoms with Crippen LogP contribution in [0.3, 0.4) is 0 Å².